The van der Waals surface area contributed by atoms with Crippen molar-refractivity contribution in [2.45, 2.75) is 44.9 Å². The van der Waals surface area contributed by atoms with Gasteiger partial charge in [-0.3, -0.25) is 0 Å². The molecule has 0 heterocycles. The number of hydrogen-bond donors (Lipinski definition) is 1. The van der Waals surface area contributed by atoms with Crippen LogP contribution in [0.2, 0.25) is 0 Å². The van der Waals surface area contributed by atoms with Crippen molar-refractivity contribution >= 4 is 0 Å². The molecule has 0 aromatic heterocycles. The van der Waals surface area contributed by atoms with Crippen molar-refractivity contribution < 1.29 is 0 Å². The van der Waals surface area contributed by atoms with Gasteiger partial charge in [-0.05, 0) is 56.8 Å². The molecule has 0 unspecified atom stereocenters. The molecule has 0 saturated heterocycles. The molecule has 112 valence electrons. The van der Waals surface area contributed by atoms with Crippen LogP contribution in [0.3, 0.4) is 0 Å². The summed E-state index contributed by atoms with van der Waals surface area (Å²) in [6.45, 7) is 3.20. The summed E-state index contributed by atoms with van der Waals surface area (Å²) in [5, 5.41) is 0. The smallest absolute Gasteiger partial charge is 0.00188 e. The van der Waals surface area contributed by atoms with Crippen molar-refractivity contribution in [2.24, 2.45) is 11.1 Å². The van der Waals surface area contributed by atoms with Gasteiger partial charge in [0.05, 0.1) is 0 Å². The summed E-state index contributed by atoms with van der Waals surface area (Å²) < 4.78 is 0. The molecule has 0 spiro atoms. The third kappa shape index (κ3) is 4.60. The number of rotatable bonds is 7. The second kappa shape index (κ2) is 7.80. The topological polar surface area (TPSA) is 29.3 Å². The first kappa shape index (κ1) is 15.5. The molecule has 0 atom stereocenters. The van der Waals surface area contributed by atoms with Gasteiger partial charge >= 0.3 is 0 Å². The largest absolute Gasteiger partial charge is 0.330 e. The summed E-state index contributed by atoms with van der Waals surface area (Å²) >= 11 is 0. The Kier molecular flexibility index (Phi) is 6.06. The molecular formula is C18H30N2. The molecule has 0 aliphatic heterocycles. The minimum Gasteiger partial charge on any atom is -0.330 e. The number of nitrogens with zero attached hydrogens (tertiary/aromatic N) is 1. The van der Waals surface area contributed by atoms with E-state index in [4.69, 9.17) is 5.73 Å². The van der Waals surface area contributed by atoms with Crippen LogP contribution in [0.15, 0.2) is 30.3 Å². The highest BCUT2D eigenvalue weighted by molar-refractivity contribution is 5.14. The average molecular weight is 274 g/mol. The fraction of sp³-hybridized carbons (Fsp3) is 0.667. The second-order valence-electron chi connectivity index (χ2n) is 6.55. The quantitative estimate of drug-likeness (QED) is 0.825. The lowest BCUT2D eigenvalue weighted by Gasteiger charge is -2.37. The minimum absolute atomic E-state index is 0.444. The molecule has 0 bridgehead atoms. The van der Waals surface area contributed by atoms with E-state index in [0.717, 1.165) is 19.5 Å². The van der Waals surface area contributed by atoms with Gasteiger partial charge < -0.3 is 10.6 Å². The Labute approximate surface area is 124 Å². The van der Waals surface area contributed by atoms with Gasteiger partial charge in [-0.25, -0.2) is 0 Å². The van der Waals surface area contributed by atoms with E-state index in [1.165, 1.54) is 50.6 Å². The standard InChI is InChI=1S/C18H30N2/c1-20(14-10-17-8-4-2-5-9-17)15-13-18(16-19)11-6-3-7-12-18/h2,4-5,8-9H,3,6-7,10-16,19H2,1H3. The normalized spacial score (nSPS) is 18.4. The molecule has 1 aromatic carbocycles. The summed E-state index contributed by atoms with van der Waals surface area (Å²) in [4.78, 5) is 2.47. The maximum absolute atomic E-state index is 6.07. The van der Waals surface area contributed by atoms with Gasteiger partial charge in [0.2, 0.25) is 0 Å². The van der Waals surface area contributed by atoms with E-state index < -0.39 is 0 Å². The highest BCUT2D eigenvalue weighted by Crippen LogP contribution is 2.38. The number of nitrogens with two attached hydrogens (primary N) is 1. The minimum atomic E-state index is 0.444. The van der Waals surface area contributed by atoms with Crippen LogP contribution >= 0.6 is 0 Å². The number of likely N-dealkylation sites (N-methyl/N-ethyl adjacent to an activating group) is 1. The fourth-order valence-electron chi connectivity index (χ4n) is 3.36. The van der Waals surface area contributed by atoms with E-state index >= 15 is 0 Å². The van der Waals surface area contributed by atoms with Crippen LogP contribution in [0.25, 0.3) is 0 Å². The fourth-order valence-corrected chi connectivity index (χ4v) is 3.36. The van der Waals surface area contributed by atoms with Crippen LogP contribution in [0, 0.1) is 5.41 Å². The Bertz CT molecular complexity index is 368. The highest BCUT2D eigenvalue weighted by atomic mass is 15.1. The van der Waals surface area contributed by atoms with E-state index in [1.54, 1.807) is 0 Å². The lowest BCUT2D eigenvalue weighted by molar-refractivity contribution is 0.156. The SMILES string of the molecule is CN(CCc1ccccc1)CCC1(CN)CCCCC1. The molecule has 1 aliphatic carbocycles. The summed E-state index contributed by atoms with van der Waals surface area (Å²) in [7, 11) is 2.25. The molecule has 2 N–H and O–H groups in total. The van der Waals surface area contributed by atoms with Crippen molar-refractivity contribution in [3.8, 4) is 0 Å². The first-order valence-corrected chi connectivity index (χ1v) is 8.17. The maximum atomic E-state index is 6.07. The van der Waals surface area contributed by atoms with E-state index in [0.29, 0.717) is 5.41 Å². The third-order valence-corrected chi connectivity index (χ3v) is 5.00. The predicted molar refractivity (Wildman–Crippen MR) is 86.8 cm³/mol. The Morgan fingerprint density at radius 1 is 1.05 bits per heavy atom. The van der Waals surface area contributed by atoms with E-state index in [9.17, 15) is 0 Å². The van der Waals surface area contributed by atoms with Crippen molar-refractivity contribution in [3.05, 3.63) is 35.9 Å². The zero-order valence-corrected chi connectivity index (χ0v) is 13.0. The first-order chi connectivity index (χ1) is 9.74. The summed E-state index contributed by atoms with van der Waals surface area (Å²) in [5.41, 5.74) is 7.95. The van der Waals surface area contributed by atoms with Gasteiger partial charge in [-0.15, -0.1) is 0 Å². The molecule has 0 radical (unpaired) electrons. The Morgan fingerprint density at radius 3 is 2.40 bits per heavy atom. The van der Waals surface area contributed by atoms with E-state index in [1.807, 2.05) is 0 Å². The number of hydrogen-bond acceptors (Lipinski definition) is 2. The van der Waals surface area contributed by atoms with Gasteiger partial charge in [-0.1, -0.05) is 49.6 Å². The van der Waals surface area contributed by atoms with Gasteiger partial charge in [0.1, 0.15) is 0 Å². The first-order valence-electron chi connectivity index (χ1n) is 8.17. The Balaban J connectivity index is 1.72. The van der Waals surface area contributed by atoms with Crippen LogP contribution in [-0.4, -0.2) is 31.6 Å². The predicted octanol–water partition coefficient (Wildman–Crippen LogP) is 3.46. The lowest BCUT2D eigenvalue weighted by atomic mass is 9.72. The maximum Gasteiger partial charge on any atom is 0.00188 e. The molecule has 2 nitrogen and oxygen atoms in total. The van der Waals surface area contributed by atoms with Crippen LogP contribution in [-0.2, 0) is 6.42 Å². The zero-order chi connectivity index (χ0) is 14.3. The van der Waals surface area contributed by atoms with Gasteiger partial charge in [-0.2, -0.15) is 0 Å². The number of benzene rings is 1. The van der Waals surface area contributed by atoms with Crippen LogP contribution < -0.4 is 5.73 Å². The van der Waals surface area contributed by atoms with Gasteiger partial charge in [0.25, 0.3) is 0 Å². The van der Waals surface area contributed by atoms with Crippen molar-refractivity contribution in [3.63, 3.8) is 0 Å². The molecule has 1 aliphatic rings. The Morgan fingerprint density at radius 2 is 1.75 bits per heavy atom. The summed E-state index contributed by atoms with van der Waals surface area (Å²) in [5.74, 6) is 0. The van der Waals surface area contributed by atoms with Crippen molar-refractivity contribution in [1.82, 2.24) is 4.90 Å². The molecule has 1 fully saturated rings. The molecule has 2 heteroatoms. The molecule has 1 saturated carbocycles. The van der Waals surface area contributed by atoms with Crippen molar-refractivity contribution in [2.75, 3.05) is 26.7 Å². The molecular weight excluding hydrogens is 244 g/mol. The summed E-state index contributed by atoms with van der Waals surface area (Å²) in [6.07, 6.45) is 9.27. The van der Waals surface area contributed by atoms with Crippen LogP contribution in [0.5, 0.6) is 0 Å². The van der Waals surface area contributed by atoms with Crippen LogP contribution in [0.4, 0.5) is 0 Å². The van der Waals surface area contributed by atoms with E-state index in [2.05, 4.69) is 42.3 Å². The summed E-state index contributed by atoms with van der Waals surface area (Å²) in [6, 6.07) is 10.8. The van der Waals surface area contributed by atoms with Crippen LogP contribution in [0.1, 0.15) is 44.1 Å². The molecule has 2 rings (SSSR count). The monoisotopic (exact) mass is 274 g/mol. The second-order valence-corrected chi connectivity index (χ2v) is 6.55. The molecule has 1 aromatic rings. The average Bonchev–Trinajstić information content (AvgIpc) is 2.53. The zero-order valence-electron chi connectivity index (χ0n) is 13.0. The van der Waals surface area contributed by atoms with Gasteiger partial charge in [0, 0.05) is 6.54 Å². The van der Waals surface area contributed by atoms with E-state index in [-0.39, 0.29) is 0 Å². The third-order valence-electron chi connectivity index (χ3n) is 5.00. The van der Waals surface area contributed by atoms with Gasteiger partial charge in [0.15, 0.2) is 0 Å². The van der Waals surface area contributed by atoms with Crippen molar-refractivity contribution in [1.29, 1.82) is 0 Å². The molecule has 0 amide bonds. The lowest BCUT2D eigenvalue weighted by Crippen LogP contribution is -2.36. The Hall–Kier alpha value is -0.860. The molecule has 20 heavy (non-hydrogen) atoms. The highest BCUT2D eigenvalue weighted by Gasteiger charge is 2.30.